The van der Waals surface area contributed by atoms with E-state index in [9.17, 15) is 4.79 Å². The van der Waals surface area contributed by atoms with Crippen LogP contribution in [0.5, 0.6) is 0 Å². The van der Waals surface area contributed by atoms with Gasteiger partial charge in [-0.25, -0.2) is 0 Å². The number of hydrogen-bond donors (Lipinski definition) is 0. The Balaban J connectivity index is 1.85. The van der Waals surface area contributed by atoms with Gasteiger partial charge in [-0.3, -0.25) is 4.79 Å². The molecule has 1 heterocycles. The Hall–Kier alpha value is -2.03. The van der Waals surface area contributed by atoms with E-state index in [4.69, 9.17) is 23.2 Å². The predicted octanol–water partition coefficient (Wildman–Crippen LogP) is 6.52. The Morgan fingerprint density at radius 2 is 1.93 bits per heavy atom. The number of fused-ring (bicyclic) bond motifs is 1. The second kappa shape index (κ2) is 7.66. The van der Waals surface area contributed by atoms with E-state index < -0.39 is 0 Å². The molecule has 0 N–H and O–H groups in total. The number of aryl methyl sites for hydroxylation is 1. The van der Waals surface area contributed by atoms with E-state index in [1.54, 1.807) is 12.1 Å². The first kappa shape index (κ1) is 20.3. The molecule has 0 bridgehead atoms. The number of benzene rings is 2. The molecule has 2 nitrogen and oxygen atoms in total. The summed E-state index contributed by atoms with van der Waals surface area (Å²) in [6, 6.07) is 14.3. The summed E-state index contributed by atoms with van der Waals surface area (Å²) in [5.74, 6) is 0.204. The third-order valence-electron chi connectivity index (χ3n) is 6.34. The van der Waals surface area contributed by atoms with Crippen molar-refractivity contribution in [3.05, 3.63) is 87.9 Å². The zero-order valence-corrected chi connectivity index (χ0v) is 18.3. The Morgan fingerprint density at radius 3 is 2.59 bits per heavy atom. The monoisotopic (exact) mass is 425 g/mol. The molecule has 4 rings (SSSR count). The molecule has 4 heteroatoms. The van der Waals surface area contributed by atoms with Gasteiger partial charge in [-0.1, -0.05) is 78.2 Å². The molecule has 1 amide bonds. The van der Waals surface area contributed by atoms with E-state index in [-0.39, 0.29) is 23.2 Å². The summed E-state index contributed by atoms with van der Waals surface area (Å²) >= 11 is 12.7. The number of amides is 1. The predicted molar refractivity (Wildman–Crippen MR) is 121 cm³/mol. The molecule has 1 unspecified atom stereocenters. The molecule has 3 atom stereocenters. The molecule has 2 aromatic rings. The van der Waals surface area contributed by atoms with Crippen LogP contribution >= 0.6 is 23.2 Å². The van der Waals surface area contributed by atoms with Crippen molar-refractivity contribution in [2.45, 2.75) is 26.2 Å². The molecule has 0 spiro atoms. The number of halogens is 2. The fourth-order valence-electron chi connectivity index (χ4n) is 4.85. The Bertz CT molecular complexity index is 994. The lowest BCUT2D eigenvalue weighted by Gasteiger charge is -2.38. The zero-order chi connectivity index (χ0) is 20.8. The molecule has 2 aromatic carbocycles. The van der Waals surface area contributed by atoms with Crippen molar-refractivity contribution in [2.75, 3.05) is 13.1 Å². The van der Waals surface area contributed by atoms with E-state index in [0.717, 1.165) is 24.1 Å². The van der Waals surface area contributed by atoms with Crippen LogP contribution in [0.2, 0.25) is 10.0 Å². The molecule has 150 valence electrons. The van der Waals surface area contributed by atoms with Gasteiger partial charge in [-0.2, -0.15) is 0 Å². The fraction of sp³-hybridized carbons (Fsp3) is 0.320. The van der Waals surface area contributed by atoms with Crippen molar-refractivity contribution in [1.82, 2.24) is 4.90 Å². The smallest absolute Gasteiger partial charge is 0.230 e. The summed E-state index contributed by atoms with van der Waals surface area (Å²) in [7, 11) is 0. The number of carbonyl (C=O) groups is 1. The quantitative estimate of drug-likeness (QED) is 0.510. The van der Waals surface area contributed by atoms with Crippen molar-refractivity contribution >= 4 is 34.7 Å². The molecule has 0 saturated carbocycles. The van der Waals surface area contributed by atoms with Crippen LogP contribution in [0.3, 0.4) is 0 Å². The molecular formula is C25H25Cl2NO. The maximum atomic E-state index is 13.1. The van der Waals surface area contributed by atoms with Crippen LogP contribution in [0.4, 0.5) is 0 Å². The van der Waals surface area contributed by atoms with Crippen LogP contribution < -0.4 is 0 Å². The van der Waals surface area contributed by atoms with E-state index in [2.05, 4.69) is 50.8 Å². The Morgan fingerprint density at radius 1 is 1.21 bits per heavy atom. The third-order valence-corrected chi connectivity index (χ3v) is 6.89. The lowest BCUT2D eigenvalue weighted by molar-refractivity contribution is -0.129. The van der Waals surface area contributed by atoms with Crippen molar-refractivity contribution in [3.8, 4) is 0 Å². The normalized spacial score (nSPS) is 26.3. The number of allylic oxidation sites excluding steroid dienone is 1. The van der Waals surface area contributed by atoms with Crippen molar-refractivity contribution in [2.24, 2.45) is 11.3 Å². The number of rotatable bonds is 4. The van der Waals surface area contributed by atoms with Crippen LogP contribution in [0.15, 0.2) is 61.2 Å². The van der Waals surface area contributed by atoms with Gasteiger partial charge in [0.2, 0.25) is 5.91 Å². The highest BCUT2D eigenvalue weighted by Gasteiger charge is 2.51. The average Bonchev–Trinajstić information content (AvgIpc) is 2.92. The van der Waals surface area contributed by atoms with Gasteiger partial charge in [-0.05, 0) is 42.2 Å². The third kappa shape index (κ3) is 3.65. The lowest BCUT2D eigenvalue weighted by Crippen LogP contribution is -2.33. The standard InChI is InChI=1S/C25H25Cl2NO/c1-4-11-28-15-25(3)14-21(17-7-5-16(2)6-8-17)20(13-22(25)24(28)29)19-10-9-18(26)12-23(19)27/h4-10,12-13,21-22H,1,11,14-15H2,2-3H3/t21-,22-,25?/m1/s1. The molecule has 2 aliphatic rings. The van der Waals surface area contributed by atoms with Gasteiger partial charge in [0.05, 0.1) is 5.92 Å². The van der Waals surface area contributed by atoms with Crippen molar-refractivity contribution in [1.29, 1.82) is 0 Å². The number of carbonyl (C=O) groups excluding carboxylic acids is 1. The van der Waals surface area contributed by atoms with Crippen LogP contribution in [0.25, 0.3) is 5.57 Å². The van der Waals surface area contributed by atoms with E-state index >= 15 is 0 Å². The second-order valence-corrected chi connectivity index (χ2v) is 9.40. The van der Waals surface area contributed by atoms with Crippen LogP contribution in [-0.4, -0.2) is 23.9 Å². The minimum absolute atomic E-state index is 0.113. The van der Waals surface area contributed by atoms with E-state index in [1.807, 2.05) is 17.0 Å². The molecule has 1 aliphatic carbocycles. The highest BCUT2D eigenvalue weighted by atomic mass is 35.5. The first-order valence-corrected chi connectivity index (χ1v) is 10.7. The number of likely N-dealkylation sites (tertiary alicyclic amines) is 1. The molecular weight excluding hydrogens is 401 g/mol. The summed E-state index contributed by atoms with van der Waals surface area (Å²) in [4.78, 5) is 15.0. The molecule has 0 radical (unpaired) electrons. The highest BCUT2D eigenvalue weighted by molar-refractivity contribution is 6.35. The zero-order valence-electron chi connectivity index (χ0n) is 16.8. The van der Waals surface area contributed by atoms with Gasteiger partial charge in [0.1, 0.15) is 0 Å². The fourth-order valence-corrected chi connectivity index (χ4v) is 5.37. The van der Waals surface area contributed by atoms with Gasteiger partial charge >= 0.3 is 0 Å². The van der Waals surface area contributed by atoms with Crippen LogP contribution in [0.1, 0.15) is 36.0 Å². The molecule has 1 saturated heterocycles. The van der Waals surface area contributed by atoms with E-state index in [0.29, 0.717) is 16.6 Å². The summed E-state index contributed by atoms with van der Waals surface area (Å²) < 4.78 is 0. The van der Waals surface area contributed by atoms with Crippen molar-refractivity contribution < 1.29 is 4.79 Å². The molecule has 29 heavy (non-hydrogen) atoms. The molecule has 0 aromatic heterocycles. The minimum atomic E-state index is -0.147. The number of nitrogens with zero attached hydrogens (tertiary/aromatic N) is 1. The first-order valence-electron chi connectivity index (χ1n) is 9.96. The van der Waals surface area contributed by atoms with Gasteiger partial charge in [0.15, 0.2) is 0 Å². The Labute approximate surface area is 182 Å². The van der Waals surface area contributed by atoms with Crippen molar-refractivity contribution in [3.63, 3.8) is 0 Å². The van der Waals surface area contributed by atoms with E-state index in [1.165, 1.54) is 11.1 Å². The lowest BCUT2D eigenvalue weighted by atomic mass is 9.64. The first-order chi connectivity index (χ1) is 13.8. The molecule has 1 aliphatic heterocycles. The Kier molecular flexibility index (Phi) is 5.35. The highest BCUT2D eigenvalue weighted by Crippen LogP contribution is 2.54. The van der Waals surface area contributed by atoms with Gasteiger partial charge < -0.3 is 4.90 Å². The maximum absolute atomic E-state index is 13.1. The minimum Gasteiger partial charge on any atom is -0.338 e. The summed E-state index contributed by atoms with van der Waals surface area (Å²) in [5.41, 5.74) is 4.45. The largest absolute Gasteiger partial charge is 0.338 e. The molecule has 1 fully saturated rings. The topological polar surface area (TPSA) is 20.3 Å². The average molecular weight is 426 g/mol. The van der Waals surface area contributed by atoms with Gasteiger partial charge in [-0.15, -0.1) is 6.58 Å². The summed E-state index contributed by atoms with van der Waals surface area (Å²) in [5, 5.41) is 1.24. The SMILES string of the molecule is C=CCN1CC2(C)C[C@H](c3ccc(C)cc3)C(c3ccc(Cl)cc3Cl)=C[C@@H]2C1=O. The summed E-state index contributed by atoms with van der Waals surface area (Å²) in [6.07, 6.45) is 4.86. The van der Waals surface area contributed by atoms with Crippen LogP contribution in [0, 0.1) is 18.3 Å². The maximum Gasteiger partial charge on any atom is 0.230 e. The summed E-state index contributed by atoms with van der Waals surface area (Å²) in [6.45, 7) is 9.48. The second-order valence-electron chi connectivity index (χ2n) is 8.55. The van der Waals surface area contributed by atoms with Gasteiger partial charge in [0, 0.05) is 34.5 Å². The number of hydrogen-bond acceptors (Lipinski definition) is 1. The van der Waals surface area contributed by atoms with Gasteiger partial charge in [0.25, 0.3) is 0 Å². The van der Waals surface area contributed by atoms with Crippen LogP contribution in [-0.2, 0) is 4.79 Å².